The lowest BCUT2D eigenvalue weighted by Gasteiger charge is -2.25. The number of aromatic nitrogens is 1. The van der Waals surface area contributed by atoms with E-state index >= 15 is 0 Å². The van der Waals surface area contributed by atoms with Gasteiger partial charge in [-0.15, -0.1) is 0 Å². The normalized spacial score (nSPS) is 21.6. The Morgan fingerprint density at radius 1 is 1.23 bits per heavy atom. The van der Waals surface area contributed by atoms with Crippen LogP contribution in [-0.4, -0.2) is 45.2 Å². The predicted octanol–water partition coefficient (Wildman–Crippen LogP) is 1.97. The Balaban J connectivity index is 1.51. The second kappa shape index (κ2) is 6.60. The van der Waals surface area contributed by atoms with Gasteiger partial charge in [-0.2, -0.15) is 5.26 Å². The minimum Gasteiger partial charge on any atom is -0.333 e. The van der Waals surface area contributed by atoms with Gasteiger partial charge in [-0.1, -0.05) is 6.07 Å². The van der Waals surface area contributed by atoms with Crippen LogP contribution in [0.5, 0.6) is 0 Å². The molecule has 2 saturated heterocycles. The summed E-state index contributed by atoms with van der Waals surface area (Å²) >= 11 is 0. The Morgan fingerprint density at radius 2 is 2.04 bits per heavy atom. The number of carbonyl (C=O) groups excluding carboxylic acids is 2. The molecule has 130 valence electrons. The van der Waals surface area contributed by atoms with Crippen molar-refractivity contribution in [2.75, 3.05) is 6.54 Å². The number of hydrogen-bond acceptors (Lipinski definition) is 4. The summed E-state index contributed by atoms with van der Waals surface area (Å²) in [5, 5.41) is 8.89. The molecular weight excluding hydrogens is 328 g/mol. The summed E-state index contributed by atoms with van der Waals surface area (Å²) in [4.78, 5) is 33.2. The van der Waals surface area contributed by atoms with E-state index in [1.807, 2.05) is 21.9 Å². The van der Waals surface area contributed by atoms with Gasteiger partial charge in [-0.05, 0) is 42.3 Å². The van der Waals surface area contributed by atoms with Crippen molar-refractivity contribution < 1.29 is 9.59 Å². The average molecular weight is 346 g/mol. The van der Waals surface area contributed by atoms with E-state index in [9.17, 15) is 9.59 Å². The van der Waals surface area contributed by atoms with Crippen LogP contribution >= 0.6 is 0 Å². The van der Waals surface area contributed by atoms with Gasteiger partial charge in [0.2, 0.25) is 5.91 Å². The minimum atomic E-state index is -0.0812. The summed E-state index contributed by atoms with van der Waals surface area (Å²) in [6, 6.07) is 12.5. The maximum absolute atomic E-state index is 12.9. The third kappa shape index (κ3) is 2.82. The van der Waals surface area contributed by atoms with Gasteiger partial charge in [-0.3, -0.25) is 14.6 Å². The molecule has 0 saturated carbocycles. The molecule has 0 radical (unpaired) electrons. The maximum atomic E-state index is 12.9. The largest absolute Gasteiger partial charge is 0.333 e. The van der Waals surface area contributed by atoms with Crippen molar-refractivity contribution in [2.45, 2.75) is 31.5 Å². The molecule has 2 fully saturated rings. The van der Waals surface area contributed by atoms with Gasteiger partial charge in [0.15, 0.2) is 0 Å². The molecule has 2 aliphatic heterocycles. The monoisotopic (exact) mass is 346 g/mol. The highest BCUT2D eigenvalue weighted by Crippen LogP contribution is 2.34. The van der Waals surface area contributed by atoms with Crippen LogP contribution in [0.2, 0.25) is 0 Å². The number of carbonyl (C=O) groups is 2. The fourth-order valence-corrected chi connectivity index (χ4v) is 3.93. The Bertz CT molecular complexity index is 873. The van der Waals surface area contributed by atoms with Gasteiger partial charge in [0.25, 0.3) is 5.91 Å². The summed E-state index contributed by atoms with van der Waals surface area (Å²) in [5.41, 5.74) is 2.08. The van der Waals surface area contributed by atoms with Gasteiger partial charge in [0.1, 0.15) is 0 Å². The lowest BCUT2D eigenvalue weighted by molar-refractivity contribution is -0.129. The lowest BCUT2D eigenvalue weighted by Crippen LogP contribution is -2.39. The average Bonchev–Trinajstić information content (AvgIpc) is 3.22. The highest BCUT2D eigenvalue weighted by molar-refractivity contribution is 5.95. The number of nitrogens with zero attached hydrogens (tertiary/aromatic N) is 4. The number of nitriles is 1. The summed E-state index contributed by atoms with van der Waals surface area (Å²) in [5.74, 6) is 0.0131. The zero-order chi connectivity index (χ0) is 18.1. The molecule has 0 N–H and O–H groups in total. The van der Waals surface area contributed by atoms with E-state index < -0.39 is 0 Å². The SMILES string of the molecule is N#Cc1ccc(C(=O)N2CC[C@@H]3[C@@H]2CC(=O)N3Cc2cccnc2)cc1. The first-order chi connectivity index (χ1) is 12.7. The maximum Gasteiger partial charge on any atom is 0.254 e. The molecule has 2 amide bonds. The van der Waals surface area contributed by atoms with Crippen LogP contribution in [0.1, 0.15) is 34.3 Å². The lowest BCUT2D eigenvalue weighted by atomic mass is 10.1. The molecule has 2 aliphatic rings. The van der Waals surface area contributed by atoms with Crippen molar-refractivity contribution in [3.8, 4) is 6.07 Å². The highest BCUT2D eigenvalue weighted by atomic mass is 16.2. The summed E-state index contributed by atoms with van der Waals surface area (Å²) in [6.07, 6.45) is 4.65. The molecular formula is C20H18N4O2. The standard InChI is InChI=1S/C20H18N4O2/c21-11-14-3-5-16(6-4-14)20(26)23-9-7-17-18(23)10-19(25)24(17)13-15-2-1-8-22-12-15/h1-6,8,12,17-18H,7,9-10,13H2/t17-,18+/m1/s1. The van der Waals surface area contributed by atoms with Crippen molar-refractivity contribution >= 4 is 11.8 Å². The predicted molar refractivity (Wildman–Crippen MR) is 93.8 cm³/mol. The number of fused-ring (bicyclic) bond motifs is 1. The quantitative estimate of drug-likeness (QED) is 0.851. The molecule has 4 rings (SSSR count). The molecule has 0 bridgehead atoms. The minimum absolute atomic E-state index is 0.0602. The van der Waals surface area contributed by atoms with E-state index in [4.69, 9.17) is 5.26 Å². The zero-order valence-corrected chi connectivity index (χ0v) is 14.2. The molecule has 6 nitrogen and oxygen atoms in total. The van der Waals surface area contributed by atoms with Gasteiger partial charge >= 0.3 is 0 Å². The van der Waals surface area contributed by atoms with Gasteiger partial charge in [0.05, 0.1) is 23.7 Å². The molecule has 0 unspecified atom stereocenters. The molecule has 2 aromatic rings. The van der Waals surface area contributed by atoms with E-state index in [2.05, 4.69) is 11.1 Å². The number of amides is 2. The molecule has 2 atom stereocenters. The number of pyridine rings is 1. The van der Waals surface area contributed by atoms with Crippen molar-refractivity contribution in [2.24, 2.45) is 0 Å². The van der Waals surface area contributed by atoms with Gasteiger partial charge in [-0.25, -0.2) is 0 Å². The van der Waals surface area contributed by atoms with Crippen molar-refractivity contribution in [3.05, 3.63) is 65.5 Å². The first-order valence-electron chi connectivity index (χ1n) is 8.67. The van der Waals surface area contributed by atoms with Crippen molar-refractivity contribution in [3.63, 3.8) is 0 Å². The fourth-order valence-electron chi connectivity index (χ4n) is 3.93. The summed E-state index contributed by atoms with van der Waals surface area (Å²) < 4.78 is 0. The first-order valence-corrected chi connectivity index (χ1v) is 8.67. The molecule has 0 aliphatic carbocycles. The van der Waals surface area contributed by atoms with Crippen LogP contribution in [0.15, 0.2) is 48.8 Å². The van der Waals surface area contributed by atoms with Crippen molar-refractivity contribution in [1.29, 1.82) is 5.26 Å². The van der Waals surface area contributed by atoms with E-state index in [1.54, 1.807) is 36.7 Å². The smallest absolute Gasteiger partial charge is 0.254 e. The van der Waals surface area contributed by atoms with Gasteiger partial charge in [0, 0.05) is 37.5 Å². The van der Waals surface area contributed by atoms with Crippen LogP contribution in [0.4, 0.5) is 0 Å². The fraction of sp³-hybridized carbons (Fsp3) is 0.300. The third-order valence-electron chi connectivity index (χ3n) is 5.21. The molecule has 6 heteroatoms. The second-order valence-corrected chi connectivity index (χ2v) is 6.70. The van der Waals surface area contributed by atoms with E-state index in [-0.39, 0.29) is 23.9 Å². The van der Waals surface area contributed by atoms with Crippen LogP contribution in [0, 0.1) is 11.3 Å². The molecule has 0 spiro atoms. The zero-order valence-electron chi connectivity index (χ0n) is 14.2. The topological polar surface area (TPSA) is 77.3 Å². The first kappa shape index (κ1) is 16.3. The second-order valence-electron chi connectivity index (χ2n) is 6.70. The highest BCUT2D eigenvalue weighted by Gasteiger charge is 2.48. The van der Waals surface area contributed by atoms with Crippen LogP contribution in [0.3, 0.4) is 0 Å². The van der Waals surface area contributed by atoms with E-state index in [0.717, 1.165) is 12.0 Å². The van der Waals surface area contributed by atoms with Crippen LogP contribution in [0.25, 0.3) is 0 Å². The third-order valence-corrected chi connectivity index (χ3v) is 5.21. The number of benzene rings is 1. The van der Waals surface area contributed by atoms with Crippen LogP contribution in [-0.2, 0) is 11.3 Å². The number of likely N-dealkylation sites (tertiary alicyclic amines) is 2. The summed E-state index contributed by atoms with van der Waals surface area (Å²) in [6.45, 7) is 1.18. The Kier molecular flexibility index (Phi) is 4.13. The van der Waals surface area contributed by atoms with Crippen molar-refractivity contribution in [1.82, 2.24) is 14.8 Å². The Labute approximate surface area is 151 Å². The molecule has 3 heterocycles. The Hall–Kier alpha value is -3.20. The van der Waals surface area contributed by atoms with E-state index in [0.29, 0.717) is 30.6 Å². The Morgan fingerprint density at radius 3 is 2.73 bits per heavy atom. The molecule has 26 heavy (non-hydrogen) atoms. The number of rotatable bonds is 3. The molecule has 1 aromatic carbocycles. The number of hydrogen-bond donors (Lipinski definition) is 0. The van der Waals surface area contributed by atoms with Crippen LogP contribution < -0.4 is 0 Å². The van der Waals surface area contributed by atoms with E-state index in [1.165, 1.54) is 0 Å². The molecule has 1 aromatic heterocycles. The summed E-state index contributed by atoms with van der Waals surface area (Å²) in [7, 11) is 0. The van der Waals surface area contributed by atoms with Gasteiger partial charge < -0.3 is 9.80 Å².